The summed E-state index contributed by atoms with van der Waals surface area (Å²) in [5.74, 6) is 0.719. The van der Waals surface area contributed by atoms with Crippen LogP contribution >= 0.6 is 11.8 Å². The Balaban J connectivity index is 1.92. The van der Waals surface area contributed by atoms with Crippen molar-refractivity contribution in [3.8, 4) is 16.9 Å². The Morgan fingerprint density at radius 3 is 2.48 bits per heavy atom. The van der Waals surface area contributed by atoms with Crippen molar-refractivity contribution in [3.63, 3.8) is 0 Å². The van der Waals surface area contributed by atoms with E-state index in [1.165, 1.54) is 23.9 Å². The van der Waals surface area contributed by atoms with Gasteiger partial charge in [-0.2, -0.15) is 0 Å². The van der Waals surface area contributed by atoms with E-state index >= 15 is 0 Å². The summed E-state index contributed by atoms with van der Waals surface area (Å²) in [7, 11) is 0. The average molecular weight is 384 g/mol. The maximum Gasteiger partial charge on any atom is 0.189 e. The Kier molecular flexibility index (Phi) is 5.22. The van der Waals surface area contributed by atoms with Crippen LogP contribution < -0.4 is 0 Å². The van der Waals surface area contributed by atoms with E-state index in [0.29, 0.717) is 5.16 Å². The second kappa shape index (κ2) is 7.78. The van der Waals surface area contributed by atoms with E-state index in [-0.39, 0.29) is 17.8 Å². The van der Waals surface area contributed by atoms with E-state index in [4.69, 9.17) is 9.97 Å². The third-order valence-electron chi connectivity index (χ3n) is 5.05. The molecule has 1 saturated carbocycles. The summed E-state index contributed by atoms with van der Waals surface area (Å²) in [5, 5.41) is 10.6. The van der Waals surface area contributed by atoms with Gasteiger partial charge in [0, 0.05) is 23.9 Å². The van der Waals surface area contributed by atoms with Gasteiger partial charge in [-0.3, -0.25) is 4.57 Å². The SMILES string of the molecule is CSc1nc(C2CCC(O)CC2)c(-c2ccc(F)cc2)c(-n2ccnc2)n1. The number of aliphatic hydroxyl groups excluding tert-OH is 1. The van der Waals surface area contributed by atoms with Gasteiger partial charge < -0.3 is 5.11 Å². The predicted octanol–water partition coefficient (Wildman–Crippen LogP) is 4.21. The molecule has 0 amide bonds. The first kappa shape index (κ1) is 18.1. The molecule has 0 saturated heterocycles. The summed E-state index contributed by atoms with van der Waals surface area (Å²) in [6.45, 7) is 0. The molecule has 1 aliphatic carbocycles. The first-order valence-electron chi connectivity index (χ1n) is 9.04. The van der Waals surface area contributed by atoms with Gasteiger partial charge in [0.2, 0.25) is 0 Å². The highest BCUT2D eigenvalue weighted by Gasteiger charge is 2.27. The number of aliphatic hydroxyl groups is 1. The zero-order valence-electron chi connectivity index (χ0n) is 15.0. The third kappa shape index (κ3) is 3.75. The first-order valence-corrected chi connectivity index (χ1v) is 10.3. The van der Waals surface area contributed by atoms with E-state index in [1.54, 1.807) is 24.7 Å². The number of imidazole rings is 1. The summed E-state index contributed by atoms with van der Waals surface area (Å²) in [4.78, 5) is 13.7. The van der Waals surface area contributed by atoms with Crippen LogP contribution in [-0.4, -0.2) is 37.0 Å². The average Bonchev–Trinajstić information content (AvgIpc) is 3.23. The third-order valence-corrected chi connectivity index (χ3v) is 5.59. The lowest BCUT2D eigenvalue weighted by Gasteiger charge is -2.27. The molecule has 0 atom stereocenters. The van der Waals surface area contributed by atoms with Crippen LogP contribution in [0.15, 0.2) is 48.1 Å². The van der Waals surface area contributed by atoms with Crippen molar-refractivity contribution < 1.29 is 9.50 Å². The second-order valence-electron chi connectivity index (χ2n) is 6.78. The molecule has 27 heavy (non-hydrogen) atoms. The van der Waals surface area contributed by atoms with Gasteiger partial charge in [0.25, 0.3) is 0 Å². The Bertz CT molecular complexity index is 906. The van der Waals surface area contributed by atoms with Gasteiger partial charge in [-0.05, 0) is 49.6 Å². The molecule has 0 spiro atoms. The number of benzene rings is 1. The van der Waals surface area contributed by atoms with Gasteiger partial charge in [-0.1, -0.05) is 23.9 Å². The monoisotopic (exact) mass is 384 g/mol. The minimum atomic E-state index is -0.271. The smallest absolute Gasteiger partial charge is 0.189 e. The molecule has 0 aliphatic heterocycles. The molecule has 140 valence electrons. The minimum absolute atomic E-state index is 0.231. The zero-order valence-corrected chi connectivity index (χ0v) is 15.9. The summed E-state index contributed by atoms with van der Waals surface area (Å²) in [6.07, 6.45) is 10.3. The maximum atomic E-state index is 13.5. The van der Waals surface area contributed by atoms with Crippen molar-refractivity contribution in [2.75, 3.05) is 6.26 Å². The fourth-order valence-electron chi connectivity index (χ4n) is 3.65. The highest BCUT2D eigenvalue weighted by atomic mass is 32.2. The summed E-state index contributed by atoms with van der Waals surface area (Å²) in [6, 6.07) is 6.47. The molecular formula is C20H21FN4OS. The molecule has 1 aliphatic rings. The van der Waals surface area contributed by atoms with Gasteiger partial charge in [-0.15, -0.1) is 0 Å². The molecule has 2 aromatic heterocycles. The van der Waals surface area contributed by atoms with Crippen LogP contribution in [-0.2, 0) is 0 Å². The van der Waals surface area contributed by atoms with Crippen molar-refractivity contribution in [1.82, 2.24) is 19.5 Å². The Morgan fingerprint density at radius 2 is 1.85 bits per heavy atom. The van der Waals surface area contributed by atoms with Crippen molar-refractivity contribution in [3.05, 3.63) is 54.5 Å². The maximum absolute atomic E-state index is 13.5. The summed E-state index contributed by atoms with van der Waals surface area (Å²) < 4.78 is 15.4. The fraction of sp³-hybridized carbons (Fsp3) is 0.350. The number of halogens is 1. The van der Waals surface area contributed by atoms with Crippen LogP contribution in [0.5, 0.6) is 0 Å². The highest BCUT2D eigenvalue weighted by molar-refractivity contribution is 7.98. The second-order valence-corrected chi connectivity index (χ2v) is 7.55. The molecule has 0 unspecified atom stereocenters. The summed E-state index contributed by atoms with van der Waals surface area (Å²) in [5.41, 5.74) is 2.76. The van der Waals surface area contributed by atoms with Crippen LogP contribution in [0, 0.1) is 5.82 Å². The van der Waals surface area contributed by atoms with Gasteiger partial charge in [0.05, 0.1) is 11.8 Å². The normalized spacial score (nSPS) is 20.0. The molecule has 5 nitrogen and oxygen atoms in total. The number of thioether (sulfide) groups is 1. The van der Waals surface area contributed by atoms with Crippen molar-refractivity contribution in [1.29, 1.82) is 0 Å². The van der Waals surface area contributed by atoms with E-state index < -0.39 is 0 Å². The number of hydrogen-bond acceptors (Lipinski definition) is 5. The minimum Gasteiger partial charge on any atom is -0.393 e. The van der Waals surface area contributed by atoms with E-state index in [9.17, 15) is 9.50 Å². The molecule has 1 aromatic carbocycles. The van der Waals surface area contributed by atoms with Crippen molar-refractivity contribution in [2.45, 2.75) is 42.9 Å². The number of rotatable bonds is 4. The van der Waals surface area contributed by atoms with Crippen LogP contribution in [0.2, 0.25) is 0 Å². The van der Waals surface area contributed by atoms with Gasteiger partial charge in [0.15, 0.2) is 11.0 Å². The Labute approximate surface area is 161 Å². The molecule has 1 fully saturated rings. The lowest BCUT2D eigenvalue weighted by Crippen LogP contribution is -2.19. The van der Waals surface area contributed by atoms with Crippen LogP contribution in [0.3, 0.4) is 0 Å². The van der Waals surface area contributed by atoms with Gasteiger partial charge in [-0.25, -0.2) is 19.3 Å². The standard InChI is InChI=1S/C20H21FN4OS/c1-27-20-23-18(14-4-8-16(26)9-5-14)17(13-2-6-15(21)7-3-13)19(24-20)25-11-10-22-12-25/h2-3,6-7,10-12,14,16,26H,4-5,8-9H2,1H3. The van der Waals surface area contributed by atoms with Crippen molar-refractivity contribution in [2.24, 2.45) is 0 Å². The topological polar surface area (TPSA) is 63.8 Å². The van der Waals surface area contributed by atoms with Crippen molar-refractivity contribution >= 4 is 11.8 Å². The van der Waals surface area contributed by atoms with E-state index in [0.717, 1.165) is 48.3 Å². The largest absolute Gasteiger partial charge is 0.393 e. The lowest BCUT2D eigenvalue weighted by atomic mass is 9.82. The molecule has 0 radical (unpaired) electrons. The van der Waals surface area contributed by atoms with Crippen LogP contribution in [0.1, 0.15) is 37.3 Å². The molecule has 7 heteroatoms. The summed E-state index contributed by atoms with van der Waals surface area (Å²) >= 11 is 1.50. The quantitative estimate of drug-likeness (QED) is 0.539. The predicted molar refractivity (Wildman–Crippen MR) is 104 cm³/mol. The molecule has 1 N–H and O–H groups in total. The molecule has 0 bridgehead atoms. The first-order chi connectivity index (χ1) is 13.2. The molecule has 3 aromatic rings. The molecular weight excluding hydrogens is 363 g/mol. The van der Waals surface area contributed by atoms with Crippen LogP contribution in [0.4, 0.5) is 4.39 Å². The number of hydrogen-bond donors (Lipinski definition) is 1. The lowest BCUT2D eigenvalue weighted by molar-refractivity contribution is 0.122. The molecule has 2 heterocycles. The highest BCUT2D eigenvalue weighted by Crippen LogP contribution is 2.40. The Hall–Kier alpha value is -2.25. The van der Waals surface area contributed by atoms with Crippen LogP contribution in [0.25, 0.3) is 16.9 Å². The Morgan fingerprint density at radius 1 is 1.11 bits per heavy atom. The molecule has 4 rings (SSSR count). The van der Waals surface area contributed by atoms with Gasteiger partial charge in [0.1, 0.15) is 12.1 Å². The number of nitrogens with zero attached hydrogens (tertiary/aromatic N) is 4. The van der Waals surface area contributed by atoms with E-state index in [2.05, 4.69) is 4.98 Å². The number of aromatic nitrogens is 4. The van der Waals surface area contributed by atoms with E-state index in [1.807, 2.05) is 17.0 Å². The zero-order chi connectivity index (χ0) is 18.8. The van der Waals surface area contributed by atoms with Gasteiger partial charge >= 0.3 is 0 Å². The fourth-order valence-corrected chi connectivity index (χ4v) is 4.01.